The Hall–Kier alpha value is -0.810. The van der Waals surface area contributed by atoms with Crippen LogP contribution in [0.3, 0.4) is 0 Å². The Labute approximate surface area is 145 Å². The van der Waals surface area contributed by atoms with Gasteiger partial charge in [0.2, 0.25) is 11.8 Å². The Balaban J connectivity index is 0.00000192. The third kappa shape index (κ3) is 3.36. The quantitative estimate of drug-likeness (QED) is 0.843. The second-order valence-corrected chi connectivity index (χ2v) is 7.33. The second-order valence-electron chi connectivity index (χ2n) is 7.33. The van der Waals surface area contributed by atoms with Crippen molar-refractivity contribution in [2.75, 3.05) is 19.6 Å². The lowest BCUT2D eigenvalue weighted by atomic mass is 9.98. The average Bonchev–Trinajstić information content (AvgIpc) is 3.17. The molecule has 2 N–H and O–H groups in total. The Morgan fingerprint density at radius 3 is 2.52 bits per heavy atom. The smallest absolute Gasteiger partial charge is 0.228 e. The summed E-state index contributed by atoms with van der Waals surface area (Å²) in [6.07, 6.45) is 4.58. The number of nitrogens with two attached hydrogens (primary N) is 1. The molecule has 1 saturated carbocycles. The Morgan fingerprint density at radius 2 is 1.91 bits per heavy atom. The monoisotopic (exact) mass is 343 g/mol. The molecule has 2 amide bonds. The molecule has 4 unspecified atom stereocenters. The summed E-state index contributed by atoms with van der Waals surface area (Å²) in [5, 5.41) is 0. The number of fused-ring (bicyclic) bond motifs is 1. The molecule has 6 heteroatoms. The van der Waals surface area contributed by atoms with Gasteiger partial charge in [0.05, 0.1) is 5.92 Å². The zero-order valence-corrected chi connectivity index (χ0v) is 15.1. The third-order valence-electron chi connectivity index (χ3n) is 6.11. The summed E-state index contributed by atoms with van der Waals surface area (Å²) in [6, 6.07) is 0.547. The highest BCUT2D eigenvalue weighted by atomic mass is 35.5. The fourth-order valence-electron chi connectivity index (χ4n) is 4.73. The third-order valence-corrected chi connectivity index (χ3v) is 6.11. The van der Waals surface area contributed by atoms with E-state index in [0.29, 0.717) is 24.8 Å². The highest BCUT2D eigenvalue weighted by Crippen LogP contribution is 2.38. The molecular formula is C17H30ClN3O2. The first-order chi connectivity index (χ1) is 10.5. The van der Waals surface area contributed by atoms with Crippen LogP contribution in [-0.2, 0) is 9.59 Å². The van der Waals surface area contributed by atoms with E-state index in [9.17, 15) is 9.59 Å². The van der Waals surface area contributed by atoms with Gasteiger partial charge in [0, 0.05) is 38.1 Å². The van der Waals surface area contributed by atoms with Crippen LogP contribution in [0, 0.1) is 17.8 Å². The maximum absolute atomic E-state index is 12.8. The van der Waals surface area contributed by atoms with Crippen molar-refractivity contribution in [2.24, 2.45) is 23.5 Å². The van der Waals surface area contributed by atoms with Crippen molar-refractivity contribution in [1.29, 1.82) is 0 Å². The minimum Gasteiger partial charge on any atom is -0.342 e. The maximum atomic E-state index is 12.8. The number of carbonyl (C=O) groups excluding carboxylic acids is 2. The first kappa shape index (κ1) is 18.5. The second kappa shape index (κ2) is 7.39. The van der Waals surface area contributed by atoms with Crippen LogP contribution in [0.5, 0.6) is 0 Å². The van der Waals surface area contributed by atoms with Crippen molar-refractivity contribution in [3.63, 3.8) is 0 Å². The highest BCUT2D eigenvalue weighted by Gasteiger charge is 2.45. The van der Waals surface area contributed by atoms with Crippen LogP contribution in [0.4, 0.5) is 0 Å². The van der Waals surface area contributed by atoms with Crippen LogP contribution in [0.25, 0.3) is 0 Å². The number of likely N-dealkylation sites (tertiary alicyclic amines) is 2. The van der Waals surface area contributed by atoms with Crippen molar-refractivity contribution in [2.45, 2.75) is 58.0 Å². The fraction of sp³-hybridized carbons (Fsp3) is 0.882. The summed E-state index contributed by atoms with van der Waals surface area (Å²) >= 11 is 0. The van der Waals surface area contributed by atoms with Crippen LogP contribution >= 0.6 is 12.4 Å². The lowest BCUT2D eigenvalue weighted by Gasteiger charge is -2.27. The van der Waals surface area contributed by atoms with E-state index in [1.165, 1.54) is 0 Å². The molecule has 3 fully saturated rings. The summed E-state index contributed by atoms with van der Waals surface area (Å²) in [4.78, 5) is 29.0. The number of carbonyl (C=O) groups is 2. The van der Waals surface area contributed by atoms with Gasteiger partial charge in [-0.1, -0.05) is 13.8 Å². The summed E-state index contributed by atoms with van der Waals surface area (Å²) in [5.74, 6) is 1.28. The Morgan fingerprint density at radius 1 is 1.22 bits per heavy atom. The molecule has 0 aromatic rings. The van der Waals surface area contributed by atoms with Gasteiger partial charge in [0.25, 0.3) is 0 Å². The van der Waals surface area contributed by atoms with E-state index in [4.69, 9.17) is 5.73 Å². The van der Waals surface area contributed by atoms with E-state index < -0.39 is 0 Å². The molecule has 3 rings (SSSR count). The summed E-state index contributed by atoms with van der Waals surface area (Å²) in [6.45, 7) is 6.49. The molecule has 2 heterocycles. The molecule has 4 atom stereocenters. The Bertz CT molecular complexity index is 455. The summed E-state index contributed by atoms with van der Waals surface area (Å²) in [7, 11) is 0. The molecule has 3 aliphatic rings. The van der Waals surface area contributed by atoms with E-state index in [1.807, 2.05) is 9.80 Å². The van der Waals surface area contributed by atoms with Gasteiger partial charge in [0.15, 0.2) is 0 Å². The molecule has 2 saturated heterocycles. The number of hydrogen-bond donors (Lipinski definition) is 1. The van der Waals surface area contributed by atoms with Crippen LogP contribution in [-0.4, -0.2) is 53.3 Å². The largest absolute Gasteiger partial charge is 0.342 e. The average molecular weight is 344 g/mol. The first-order valence-electron chi connectivity index (χ1n) is 8.88. The number of nitrogens with zero attached hydrogens (tertiary/aromatic N) is 2. The molecule has 23 heavy (non-hydrogen) atoms. The number of amides is 2. The van der Waals surface area contributed by atoms with Gasteiger partial charge in [0.1, 0.15) is 0 Å². The van der Waals surface area contributed by atoms with E-state index >= 15 is 0 Å². The number of halogens is 1. The standard InChI is InChI=1S/C17H29N3O2.ClH/c1-3-13(4-2)20-9-12(7-16(20)21)17(22)19-8-11-5-6-15(18)14(11)10-19;/h11-15H,3-10,18H2,1-2H3;1H. The molecule has 0 radical (unpaired) electrons. The lowest BCUT2D eigenvalue weighted by Crippen LogP contribution is -2.39. The van der Waals surface area contributed by atoms with Gasteiger partial charge in [-0.2, -0.15) is 0 Å². The van der Waals surface area contributed by atoms with E-state index in [0.717, 1.165) is 38.8 Å². The zero-order chi connectivity index (χ0) is 15.9. The van der Waals surface area contributed by atoms with Gasteiger partial charge < -0.3 is 15.5 Å². The highest BCUT2D eigenvalue weighted by molar-refractivity contribution is 5.89. The van der Waals surface area contributed by atoms with Crippen molar-refractivity contribution in [3.05, 3.63) is 0 Å². The molecule has 132 valence electrons. The molecule has 0 spiro atoms. The minimum absolute atomic E-state index is 0. The van der Waals surface area contributed by atoms with Crippen LogP contribution in [0.1, 0.15) is 46.0 Å². The predicted octanol–water partition coefficient (Wildman–Crippen LogP) is 1.64. The summed E-state index contributed by atoms with van der Waals surface area (Å²) < 4.78 is 0. The first-order valence-corrected chi connectivity index (χ1v) is 8.88. The van der Waals surface area contributed by atoms with E-state index in [1.54, 1.807) is 0 Å². The topological polar surface area (TPSA) is 66.6 Å². The van der Waals surface area contributed by atoms with Crippen molar-refractivity contribution in [1.82, 2.24) is 9.80 Å². The number of hydrogen-bond acceptors (Lipinski definition) is 3. The van der Waals surface area contributed by atoms with Gasteiger partial charge in [-0.05, 0) is 37.5 Å². The van der Waals surface area contributed by atoms with Gasteiger partial charge >= 0.3 is 0 Å². The van der Waals surface area contributed by atoms with Crippen LogP contribution in [0.2, 0.25) is 0 Å². The molecule has 2 aliphatic heterocycles. The van der Waals surface area contributed by atoms with Gasteiger partial charge in [-0.25, -0.2) is 0 Å². The molecule has 1 aliphatic carbocycles. The zero-order valence-electron chi connectivity index (χ0n) is 14.2. The van der Waals surface area contributed by atoms with Crippen molar-refractivity contribution < 1.29 is 9.59 Å². The van der Waals surface area contributed by atoms with Gasteiger partial charge in [-0.3, -0.25) is 9.59 Å². The predicted molar refractivity (Wildman–Crippen MR) is 92.2 cm³/mol. The van der Waals surface area contributed by atoms with E-state index in [-0.39, 0.29) is 42.2 Å². The lowest BCUT2D eigenvalue weighted by molar-refractivity contribution is -0.135. The summed E-state index contributed by atoms with van der Waals surface area (Å²) in [5.41, 5.74) is 6.16. The SMILES string of the molecule is CCC(CC)N1CC(C(=O)N2CC3CCC(N)C3C2)CC1=O.Cl. The molecule has 5 nitrogen and oxygen atoms in total. The molecule has 0 bridgehead atoms. The van der Waals surface area contributed by atoms with Crippen molar-refractivity contribution >= 4 is 24.2 Å². The van der Waals surface area contributed by atoms with Crippen molar-refractivity contribution in [3.8, 4) is 0 Å². The Kier molecular flexibility index (Phi) is 5.95. The normalized spacial score (nSPS) is 33.3. The molecule has 0 aromatic heterocycles. The number of rotatable bonds is 4. The van der Waals surface area contributed by atoms with Gasteiger partial charge in [-0.15, -0.1) is 12.4 Å². The minimum atomic E-state index is -0.136. The molecule has 0 aromatic carbocycles. The maximum Gasteiger partial charge on any atom is 0.228 e. The van der Waals surface area contributed by atoms with E-state index in [2.05, 4.69) is 13.8 Å². The fourth-order valence-corrected chi connectivity index (χ4v) is 4.73. The van der Waals surface area contributed by atoms with Crippen LogP contribution in [0.15, 0.2) is 0 Å². The van der Waals surface area contributed by atoms with Crippen LogP contribution < -0.4 is 5.73 Å². The molecular weight excluding hydrogens is 314 g/mol.